The first-order valence-electron chi connectivity index (χ1n) is 7.79. The Labute approximate surface area is 140 Å². The van der Waals surface area contributed by atoms with Crippen molar-refractivity contribution in [3.05, 3.63) is 60.2 Å². The molecule has 1 aromatic heterocycles. The first-order chi connectivity index (χ1) is 11.6. The molecule has 6 heteroatoms. The standard InChI is InChI=1S/C18H19N5O/c1-13(2)23-17(19-20-21-23)14-8-7-9-15(12-14)18(24)22(3)16-10-5-4-6-11-16/h4-13H,1-3H3. The molecule has 0 spiro atoms. The summed E-state index contributed by atoms with van der Waals surface area (Å²) in [5.74, 6) is 0.577. The van der Waals surface area contributed by atoms with Crippen molar-refractivity contribution in [2.45, 2.75) is 19.9 Å². The summed E-state index contributed by atoms with van der Waals surface area (Å²) < 4.78 is 1.74. The number of benzene rings is 2. The van der Waals surface area contributed by atoms with Crippen LogP contribution < -0.4 is 4.90 Å². The van der Waals surface area contributed by atoms with Gasteiger partial charge in [-0.1, -0.05) is 30.3 Å². The lowest BCUT2D eigenvalue weighted by Gasteiger charge is -2.17. The van der Waals surface area contributed by atoms with Gasteiger partial charge in [-0.2, -0.15) is 0 Å². The number of para-hydroxylation sites is 1. The van der Waals surface area contributed by atoms with Gasteiger partial charge in [0.25, 0.3) is 5.91 Å². The molecule has 0 atom stereocenters. The Morgan fingerprint density at radius 2 is 1.83 bits per heavy atom. The van der Waals surface area contributed by atoms with Crippen LogP contribution >= 0.6 is 0 Å². The number of carbonyl (C=O) groups excluding carboxylic acids is 1. The van der Waals surface area contributed by atoms with E-state index in [-0.39, 0.29) is 11.9 Å². The maximum atomic E-state index is 12.8. The lowest BCUT2D eigenvalue weighted by Crippen LogP contribution is -2.26. The van der Waals surface area contributed by atoms with Gasteiger partial charge in [-0.3, -0.25) is 4.79 Å². The highest BCUT2D eigenvalue weighted by molar-refractivity contribution is 6.06. The second kappa shape index (κ2) is 6.62. The number of amides is 1. The molecule has 0 saturated carbocycles. The molecule has 0 radical (unpaired) electrons. The van der Waals surface area contributed by atoms with Crippen LogP contribution in [0, 0.1) is 0 Å². The third-order valence-corrected chi connectivity index (χ3v) is 3.80. The Bertz CT molecular complexity index is 841. The molecule has 122 valence electrons. The molecule has 0 aliphatic carbocycles. The summed E-state index contributed by atoms with van der Waals surface area (Å²) in [5, 5.41) is 11.8. The fourth-order valence-corrected chi connectivity index (χ4v) is 2.49. The van der Waals surface area contributed by atoms with Gasteiger partial charge in [-0.05, 0) is 48.5 Å². The Hall–Kier alpha value is -3.02. The average Bonchev–Trinajstić information content (AvgIpc) is 3.11. The van der Waals surface area contributed by atoms with Gasteiger partial charge < -0.3 is 4.90 Å². The van der Waals surface area contributed by atoms with Crippen LogP contribution in [-0.4, -0.2) is 33.2 Å². The largest absolute Gasteiger partial charge is 0.311 e. The van der Waals surface area contributed by atoms with Gasteiger partial charge in [0.1, 0.15) is 0 Å². The van der Waals surface area contributed by atoms with Crippen molar-refractivity contribution < 1.29 is 4.79 Å². The minimum absolute atomic E-state index is 0.0772. The molecule has 3 aromatic rings. The first-order valence-corrected chi connectivity index (χ1v) is 7.79. The molecule has 0 fully saturated rings. The van der Waals surface area contributed by atoms with Crippen LogP contribution in [0.15, 0.2) is 54.6 Å². The Balaban J connectivity index is 1.93. The molecule has 2 aromatic carbocycles. The summed E-state index contributed by atoms with van der Waals surface area (Å²) in [7, 11) is 1.77. The van der Waals surface area contributed by atoms with Gasteiger partial charge >= 0.3 is 0 Å². The third-order valence-electron chi connectivity index (χ3n) is 3.80. The zero-order valence-electron chi connectivity index (χ0n) is 13.9. The maximum absolute atomic E-state index is 12.8. The molecule has 1 heterocycles. The van der Waals surface area contributed by atoms with E-state index in [1.165, 1.54) is 0 Å². The lowest BCUT2D eigenvalue weighted by molar-refractivity contribution is 0.0993. The predicted molar refractivity (Wildman–Crippen MR) is 92.8 cm³/mol. The van der Waals surface area contributed by atoms with Crippen LogP contribution in [0.25, 0.3) is 11.4 Å². The lowest BCUT2D eigenvalue weighted by atomic mass is 10.1. The van der Waals surface area contributed by atoms with Gasteiger partial charge in [0.2, 0.25) is 0 Å². The van der Waals surface area contributed by atoms with Crippen LogP contribution in [0.4, 0.5) is 5.69 Å². The summed E-state index contributed by atoms with van der Waals surface area (Å²) in [6.07, 6.45) is 0. The fraction of sp³-hybridized carbons (Fsp3) is 0.222. The first kappa shape index (κ1) is 15.9. The molecule has 0 aliphatic rings. The molecular formula is C18H19N5O. The number of hydrogen-bond acceptors (Lipinski definition) is 4. The number of anilines is 1. The van der Waals surface area contributed by atoms with Crippen LogP contribution in [0.2, 0.25) is 0 Å². The van der Waals surface area contributed by atoms with Crippen molar-refractivity contribution in [3.63, 3.8) is 0 Å². The van der Waals surface area contributed by atoms with E-state index in [2.05, 4.69) is 15.5 Å². The quantitative estimate of drug-likeness (QED) is 0.740. The monoisotopic (exact) mass is 321 g/mol. The van der Waals surface area contributed by atoms with Crippen LogP contribution in [0.5, 0.6) is 0 Å². The highest BCUT2D eigenvalue weighted by atomic mass is 16.2. The Morgan fingerprint density at radius 1 is 1.08 bits per heavy atom. The van der Waals surface area contributed by atoms with E-state index in [4.69, 9.17) is 0 Å². The van der Waals surface area contributed by atoms with E-state index in [0.29, 0.717) is 11.4 Å². The number of tetrazole rings is 1. The molecule has 0 N–H and O–H groups in total. The molecule has 0 bridgehead atoms. The summed E-state index contributed by atoms with van der Waals surface area (Å²) in [5.41, 5.74) is 2.26. The highest BCUT2D eigenvalue weighted by Crippen LogP contribution is 2.22. The zero-order chi connectivity index (χ0) is 17.1. The van der Waals surface area contributed by atoms with Crippen molar-refractivity contribution in [3.8, 4) is 11.4 Å². The van der Waals surface area contributed by atoms with Crippen molar-refractivity contribution >= 4 is 11.6 Å². The number of carbonyl (C=O) groups is 1. The number of hydrogen-bond donors (Lipinski definition) is 0. The number of nitrogens with zero attached hydrogens (tertiary/aromatic N) is 5. The molecular weight excluding hydrogens is 302 g/mol. The summed E-state index contributed by atoms with van der Waals surface area (Å²) in [4.78, 5) is 14.4. The normalized spacial score (nSPS) is 10.8. The molecule has 1 amide bonds. The van der Waals surface area contributed by atoms with E-state index < -0.39 is 0 Å². The van der Waals surface area contributed by atoms with E-state index in [1.54, 1.807) is 22.7 Å². The molecule has 0 unspecified atom stereocenters. The summed E-state index contributed by atoms with van der Waals surface area (Å²) in [6, 6.07) is 17.1. The summed E-state index contributed by atoms with van der Waals surface area (Å²) >= 11 is 0. The molecule has 6 nitrogen and oxygen atoms in total. The smallest absolute Gasteiger partial charge is 0.258 e. The second-order valence-electron chi connectivity index (χ2n) is 5.82. The zero-order valence-corrected chi connectivity index (χ0v) is 13.9. The third kappa shape index (κ3) is 3.03. The van der Waals surface area contributed by atoms with Gasteiger partial charge in [0.05, 0.1) is 6.04 Å². The fourth-order valence-electron chi connectivity index (χ4n) is 2.49. The highest BCUT2D eigenvalue weighted by Gasteiger charge is 2.16. The van der Waals surface area contributed by atoms with E-state index >= 15 is 0 Å². The van der Waals surface area contributed by atoms with Crippen LogP contribution in [-0.2, 0) is 0 Å². The Kier molecular flexibility index (Phi) is 4.37. The van der Waals surface area contributed by atoms with Gasteiger partial charge in [0, 0.05) is 23.9 Å². The van der Waals surface area contributed by atoms with Gasteiger partial charge in [0.15, 0.2) is 5.82 Å². The second-order valence-corrected chi connectivity index (χ2v) is 5.82. The molecule has 24 heavy (non-hydrogen) atoms. The van der Waals surface area contributed by atoms with Crippen molar-refractivity contribution in [2.75, 3.05) is 11.9 Å². The average molecular weight is 321 g/mol. The topological polar surface area (TPSA) is 63.9 Å². The van der Waals surface area contributed by atoms with E-state index in [1.807, 2.05) is 62.4 Å². The molecule has 3 rings (SSSR count). The predicted octanol–water partition coefficient (Wildman–Crippen LogP) is 3.20. The number of aromatic nitrogens is 4. The van der Waals surface area contributed by atoms with E-state index in [9.17, 15) is 4.79 Å². The maximum Gasteiger partial charge on any atom is 0.258 e. The van der Waals surface area contributed by atoms with Gasteiger partial charge in [-0.25, -0.2) is 4.68 Å². The van der Waals surface area contributed by atoms with Crippen molar-refractivity contribution in [1.82, 2.24) is 20.2 Å². The molecule has 0 aliphatic heterocycles. The van der Waals surface area contributed by atoms with Crippen molar-refractivity contribution in [2.24, 2.45) is 0 Å². The summed E-state index contributed by atoms with van der Waals surface area (Å²) in [6.45, 7) is 4.02. The molecule has 0 saturated heterocycles. The van der Waals surface area contributed by atoms with Crippen LogP contribution in [0.1, 0.15) is 30.2 Å². The Morgan fingerprint density at radius 3 is 2.54 bits per heavy atom. The minimum atomic E-state index is -0.0772. The van der Waals surface area contributed by atoms with Crippen molar-refractivity contribution in [1.29, 1.82) is 0 Å². The number of rotatable bonds is 4. The minimum Gasteiger partial charge on any atom is -0.311 e. The van der Waals surface area contributed by atoms with Crippen LogP contribution in [0.3, 0.4) is 0 Å². The SMILES string of the molecule is CC(C)n1nnnc1-c1cccc(C(=O)N(C)c2ccccc2)c1. The van der Waals surface area contributed by atoms with Gasteiger partial charge in [-0.15, -0.1) is 5.10 Å². The van der Waals surface area contributed by atoms with E-state index in [0.717, 1.165) is 11.3 Å².